The van der Waals surface area contributed by atoms with Crippen molar-refractivity contribution >= 4 is 11.9 Å². The number of hydrogen-bond acceptors (Lipinski definition) is 3. The topological polar surface area (TPSA) is 83.8 Å². The van der Waals surface area contributed by atoms with Gasteiger partial charge in [0.05, 0.1) is 0 Å². The number of carboxylic acid groups (broad SMARTS) is 2. The molecule has 0 bridgehead atoms. The Morgan fingerprint density at radius 2 is 1.43 bits per heavy atom. The van der Waals surface area contributed by atoms with Crippen molar-refractivity contribution in [2.75, 3.05) is 0 Å². The maximum Gasteiger partial charge on any atom is 0.359 e. The number of rotatable bonds is 5. The van der Waals surface area contributed by atoms with Crippen molar-refractivity contribution in [2.45, 2.75) is 12.5 Å². The fourth-order valence-electron chi connectivity index (χ4n) is 1.81. The molecule has 108 valence electrons. The highest BCUT2D eigenvalue weighted by Crippen LogP contribution is 2.32. The van der Waals surface area contributed by atoms with Crippen molar-refractivity contribution in [3.8, 4) is 16.9 Å². The fraction of sp³-hybridized carbons (Fsp3) is 0.125. The first-order valence-electron chi connectivity index (χ1n) is 6.25. The van der Waals surface area contributed by atoms with Crippen molar-refractivity contribution in [3.05, 3.63) is 54.6 Å². The Kier molecular flexibility index (Phi) is 3.93. The molecule has 0 spiro atoms. The average molecular weight is 286 g/mol. The smallest absolute Gasteiger partial charge is 0.359 e. The number of ether oxygens (including phenoxy) is 1. The highest BCUT2D eigenvalue weighted by atomic mass is 16.6. The molecule has 5 nitrogen and oxygen atoms in total. The second kappa shape index (κ2) is 5.66. The molecule has 0 saturated carbocycles. The Morgan fingerprint density at radius 1 is 0.905 bits per heavy atom. The van der Waals surface area contributed by atoms with Gasteiger partial charge in [0.15, 0.2) is 0 Å². The molecule has 21 heavy (non-hydrogen) atoms. The lowest BCUT2D eigenvalue weighted by Gasteiger charge is -2.23. The van der Waals surface area contributed by atoms with E-state index in [-0.39, 0.29) is 5.75 Å². The molecule has 2 N–H and O–H groups in total. The van der Waals surface area contributed by atoms with Gasteiger partial charge < -0.3 is 14.9 Å². The van der Waals surface area contributed by atoms with Crippen LogP contribution in [0.25, 0.3) is 11.1 Å². The zero-order valence-corrected chi connectivity index (χ0v) is 11.3. The standard InChI is InChI=1S/C16H14O5/c1-16(14(17)18,15(19)20)21-13-10-6-5-9-12(13)11-7-3-2-4-8-11/h2-10H,1H3,(H,17,18)(H,19,20). The predicted octanol–water partition coefficient (Wildman–Crippen LogP) is 2.66. The molecule has 0 fully saturated rings. The second-order valence-corrected chi connectivity index (χ2v) is 4.61. The van der Waals surface area contributed by atoms with Crippen LogP contribution < -0.4 is 4.74 Å². The molecule has 0 heterocycles. The van der Waals surface area contributed by atoms with Crippen LogP contribution >= 0.6 is 0 Å². The third-order valence-electron chi connectivity index (χ3n) is 3.10. The molecule has 2 aromatic carbocycles. The maximum absolute atomic E-state index is 11.2. The lowest BCUT2D eigenvalue weighted by atomic mass is 10.0. The van der Waals surface area contributed by atoms with Crippen LogP contribution in [0.4, 0.5) is 0 Å². The fourth-order valence-corrected chi connectivity index (χ4v) is 1.81. The van der Waals surface area contributed by atoms with Crippen LogP contribution in [-0.4, -0.2) is 27.8 Å². The quantitative estimate of drug-likeness (QED) is 0.825. The first-order chi connectivity index (χ1) is 9.95. The molecule has 2 aromatic rings. The third kappa shape index (κ3) is 2.86. The number of para-hydroxylation sites is 1. The summed E-state index contributed by atoms with van der Waals surface area (Å²) < 4.78 is 5.31. The van der Waals surface area contributed by atoms with Gasteiger partial charge in [0.1, 0.15) is 5.75 Å². The Hall–Kier alpha value is -2.82. The molecule has 0 aliphatic carbocycles. The SMILES string of the molecule is CC(Oc1ccccc1-c1ccccc1)(C(=O)O)C(=O)O. The van der Waals surface area contributed by atoms with Gasteiger partial charge in [-0.05, 0) is 18.6 Å². The molecule has 0 saturated heterocycles. The van der Waals surface area contributed by atoms with Crippen LogP contribution in [0.3, 0.4) is 0 Å². The van der Waals surface area contributed by atoms with Gasteiger partial charge in [-0.25, -0.2) is 9.59 Å². The highest BCUT2D eigenvalue weighted by Gasteiger charge is 2.45. The van der Waals surface area contributed by atoms with E-state index in [2.05, 4.69) is 0 Å². The van der Waals surface area contributed by atoms with E-state index in [1.165, 1.54) is 0 Å². The summed E-state index contributed by atoms with van der Waals surface area (Å²) in [5, 5.41) is 18.2. The van der Waals surface area contributed by atoms with E-state index in [0.717, 1.165) is 12.5 Å². The van der Waals surface area contributed by atoms with Gasteiger partial charge in [-0.1, -0.05) is 48.5 Å². The summed E-state index contributed by atoms with van der Waals surface area (Å²) in [5.74, 6) is -2.91. The summed E-state index contributed by atoms with van der Waals surface area (Å²) in [6.45, 7) is 1.01. The van der Waals surface area contributed by atoms with E-state index < -0.39 is 17.5 Å². The van der Waals surface area contributed by atoms with Crippen molar-refractivity contribution in [1.82, 2.24) is 0 Å². The molecule has 0 unspecified atom stereocenters. The van der Waals surface area contributed by atoms with Gasteiger partial charge in [0, 0.05) is 5.56 Å². The first-order valence-corrected chi connectivity index (χ1v) is 6.25. The van der Waals surface area contributed by atoms with Crippen LogP contribution in [0.2, 0.25) is 0 Å². The molecular formula is C16H14O5. The van der Waals surface area contributed by atoms with E-state index in [1.807, 2.05) is 30.3 Å². The van der Waals surface area contributed by atoms with E-state index in [1.54, 1.807) is 24.3 Å². The van der Waals surface area contributed by atoms with E-state index in [4.69, 9.17) is 14.9 Å². The summed E-state index contributed by atoms with van der Waals surface area (Å²) in [4.78, 5) is 22.4. The molecule has 0 aromatic heterocycles. The predicted molar refractivity (Wildman–Crippen MR) is 76.2 cm³/mol. The number of hydrogen-bond donors (Lipinski definition) is 2. The average Bonchev–Trinajstić information content (AvgIpc) is 2.48. The van der Waals surface area contributed by atoms with Crippen LogP contribution in [0.1, 0.15) is 6.92 Å². The Morgan fingerprint density at radius 3 is 2.00 bits per heavy atom. The molecule has 0 aliphatic rings. The summed E-state index contributed by atoms with van der Waals surface area (Å²) in [7, 11) is 0. The second-order valence-electron chi connectivity index (χ2n) is 4.61. The van der Waals surface area contributed by atoms with Gasteiger partial charge in [-0.15, -0.1) is 0 Å². The monoisotopic (exact) mass is 286 g/mol. The van der Waals surface area contributed by atoms with E-state index in [9.17, 15) is 9.59 Å². The van der Waals surface area contributed by atoms with Gasteiger partial charge in [-0.2, -0.15) is 0 Å². The Bertz CT molecular complexity index is 649. The minimum absolute atomic E-state index is 0.205. The largest absolute Gasteiger partial charge is 0.478 e. The first kappa shape index (κ1) is 14.6. The molecule has 0 amide bonds. The highest BCUT2D eigenvalue weighted by molar-refractivity contribution is 6.01. The summed E-state index contributed by atoms with van der Waals surface area (Å²) in [6.07, 6.45) is 0. The van der Waals surface area contributed by atoms with Crippen LogP contribution in [-0.2, 0) is 9.59 Å². The lowest BCUT2D eigenvalue weighted by Crippen LogP contribution is -2.49. The maximum atomic E-state index is 11.2. The molecule has 5 heteroatoms. The summed E-state index contributed by atoms with van der Waals surface area (Å²) in [6, 6.07) is 15.9. The molecule has 2 rings (SSSR count). The Balaban J connectivity index is 2.47. The number of benzene rings is 2. The molecule has 0 radical (unpaired) electrons. The van der Waals surface area contributed by atoms with Gasteiger partial charge in [0.25, 0.3) is 5.60 Å². The van der Waals surface area contributed by atoms with Gasteiger partial charge in [-0.3, -0.25) is 0 Å². The van der Waals surface area contributed by atoms with Crippen molar-refractivity contribution in [2.24, 2.45) is 0 Å². The third-order valence-corrected chi connectivity index (χ3v) is 3.10. The van der Waals surface area contributed by atoms with Gasteiger partial charge >= 0.3 is 11.9 Å². The minimum Gasteiger partial charge on any atom is -0.478 e. The summed E-state index contributed by atoms with van der Waals surface area (Å²) >= 11 is 0. The van der Waals surface area contributed by atoms with Crippen molar-refractivity contribution in [3.63, 3.8) is 0 Å². The normalized spacial score (nSPS) is 10.9. The van der Waals surface area contributed by atoms with Gasteiger partial charge in [0.2, 0.25) is 0 Å². The van der Waals surface area contributed by atoms with Crippen LogP contribution in [0.5, 0.6) is 5.75 Å². The van der Waals surface area contributed by atoms with Crippen molar-refractivity contribution < 1.29 is 24.5 Å². The van der Waals surface area contributed by atoms with E-state index in [0.29, 0.717) is 5.56 Å². The number of aliphatic carboxylic acids is 2. The zero-order chi connectivity index (χ0) is 15.5. The molecular weight excluding hydrogens is 272 g/mol. The van der Waals surface area contributed by atoms with E-state index >= 15 is 0 Å². The van der Waals surface area contributed by atoms with Crippen LogP contribution in [0.15, 0.2) is 54.6 Å². The lowest BCUT2D eigenvalue weighted by molar-refractivity contribution is -0.170. The van der Waals surface area contributed by atoms with Crippen LogP contribution in [0, 0.1) is 0 Å². The number of carbonyl (C=O) groups is 2. The summed E-state index contributed by atoms with van der Waals surface area (Å²) in [5.41, 5.74) is -0.900. The minimum atomic E-state index is -2.34. The van der Waals surface area contributed by atoms with Crippen molar-refractivity contribution in [1.29, 1.82) is 0 Å². The number of carboxylic acids is 2. The molecule has 0 atom stereocenters. The molecule has 0 aliphatic heterocycles. The Labute approximate surface area is 121 Å². The zero-order valence-electron chi connectivity index (χ0n) is 11.3.